The largest absolute Gasteiger partial charge is 0.497 e. The summed E-state index contributed by atoms with van der Waals surface area (Å²) in [7, 11) is 3.90. The van der Waals surface area contributed by atoms with E-state index >= 15 is 0 Å². The highest BCUT2D eigenvalue weighted by Gasteiger charge is 2.55. The van der Waals surface area contributed by atoms with Gasteiger partial charge in [-0.1, -0.05) is 12.1 Å². The third-order valence-corrected chi connectivity index (χ3v) is 3.92. The van der Waals surface area contributed by atoms with Gasteiger partial charge < -0.3 is 19.1 Å². The monoisotopic (exact) mass is 333 g/mol. The van der Waals surface area contributed by atoms with E-state index in [1.165, 1.54) is 31.4 Å². The van der Waals surface area contributed by atoms with E-state index < -0.39 is 17.5 Å². The second-order valence-electron chi connectivity index (χ2n) is 5.28. The van der Waals surface area contributed by atoms with Crippen molar-refractivity contribution in [3.8, 4) is 5.75 Å². The molecule has 0 N–H and O–H groups in total. The molecule has 0 bridgehead atoms. The second-order valence-corrected chi connectivity index (χ2v) is 5.28. The molecule has 2 rings (SSSR count). The maximum atomic E-state index is 12.4. The van der Waals surface area contributed by atoms with Crippen LogP contribution in [0.5, 0.6) is 5.75 Å². The fraction of sp³-hybridized carbons (Fsp3) is 0.353. The minimum absolute atomic E-state index is 0.220. The van der Waals surface area contributed by atoms with Crippen molar-refractivity contribution in [3.63, 3.8) is 0 Å². The number of nitrogens with zero attached hydrogens (tertiary/aromatic N) is 1. The Balaban J connectivity index is 2.41. The van der Waals surface area contributed by atoms with E-state index in [4.69, 9.17) is 14.2 Å². The number of rotatable bonds is 5. The average molecular weight is 333 g/mol. The van der Waals surface area contributed by atoms with Crippen molar-refractivity contribution >= 4 is 17.7 Å². The molecular formula is C17H19NO6. The first-order chi connectivity index (χ1) is 11.5. The number of carbonyl (C=O) groups excluding carboxylic acids is 3. The fourth-order valence-electron chi connectivity index (χ4n) is 2.63. The third-order valence-electron chi connectivity index (χ3n) is 3.92. The molecule has 7 heteroatoms. The lowest BCUT2D eigenvalue weighted by Gasteiger charge is -2.40. The van der Waals surface area contributed by atoms with Gasteiger partial charge in [-0.25, -0.2) is 9.59 Å². The van der Waals surface area contributed by atoms with Crippen LogP contribution in [0.2, 0.25) is 0 Å². The van der Waals surface area contributed by atoms with Crippen molar-refractivity contribution in [1.82, 2.24) is 4.90 Å². The number of carbonyl (C=O) groups is 3. The van der Waals surface area contributed by atoms with Gasteiger partial charge in [0.15, 0.2) is 5.78 Å². The predicted molar refractivity (Wildman–Crippen MR) is 84.1 cm³/mol. The van der Waals surface area contributed by atoms with Crippen molar-refractivity contribution in [3.05, 3.63) is 42.1 Å². The van der Waals surface area contributed by atoms with E-state index in [0.29, 0.717) is 5.75 Å². The molecule has 0 unspecified atom stereocenters. The zero-order valence-corrected chi connectivity index (χ0v) is 13.8. The molecule has 1 heterocycles. The van der Waals surface area contributed by atoms with Crippen molar-refractivity contribution in [2.45, 2.75) is 18.5 Å². The lowest BCUT2D eigenvalue weighted by atomic mass is 9.87. The summed E-state index contributed by atoms with van der Waals surface area (Å²) in [5.41, 5.74) is -0.998. The fourth-order valence-corrected chi connectivity index (χ4v) is 2.63. The minimum Gasteiger partial charge on any atom is -0.497 e. The van der Waals surface area contributed by atoms with Gasteiger partial charge in [0.2, 0.25) is 5.54 Å². The predicted octanol–water partition coefficient (Wildman–Crippen LogP) is 1.07. The van der Waals surface area contributed by atoms with Gasteiger partial charge in [-0.15, -0.1) is 0 Å². The van der Waals surface area contributed by atoms with Gasteiger partial charge in [0.1, 0.15) is 5.75 Å². The van der Waals surface area contributed by atoms with Crippen LogP contribution in [0.3, 0.4) is 0 Å². The molecule has 0 saturated carbocycles. The molecule has 128 valence electrons. The van der Waals surface area contributed by atoms with E-state index in [2.05, 4.69) is 0 Å². The van der Waals surface area contributed by atoms with Gasteiger partial charge in [0.05, 0.1) is 27.8 Å². The van der Waals surface area contributed by atoms with Crippen LogP contribution in [0.1, 0.15) is 12.0 Å². The molecule has 7 nitrogen and oxygen atoms in total. The number of esters is 2. The quantitative estimate of drug-likeness (QED) is 0.589. The summed E-state index contributed by atoms with van der Waals surface area (Å²) in [5.74, 6) is -1.33. The number of methoxy groups -OCH3 is 3. The Bertz CT molecular complexity index is 648. The number of allylic oxidation sites excluding steroid dienone is 1. The molecule has 0 radical (unpaired) electrons. The lowest BCUT2D eigenvalue weighted by molar-refractivity contribution is -0.172. The SMILES string of the molecule is COC(=O)C1(C(=O)OC)CC(=O)C=CN1Cc1ccc(OC)cc1. The molecule has 0 amide bonds. The van der Waals surface area contributed by atoms with E-state index in [1.807, 2.05) is 12.1 Å². The van der Waals surface area contributed by atoms with E-state index in [-0.39, 0.29) is 18.7 Å². The summed E-state index contributed by atoms with van der Waals surface area (Å²) < 4.78 is 14.7. The summed E-state index contributed by atoms with van der Waals surface area (Å²) in [6.07, 6.45) is 2.41. The molecule has 0 saturated heterocycles. The summed E-state index contributed by atoms with van der Waals surface area (Å²) in [6.45, 7) is 0.220. The number of benzene rings is 1. The highest BCUT2D eigenvalue weighted by molar-refractivity contribution is 6.11. The Morgan fingerprint density at radius 1 is 1.08 bits per heavy atom. The van der Waals surface area contributed by atoms with Crippen molar-refractivity contribution in [2.75, 3.05) is 21.3 Å². The summed E-state index contributed by atoms with van der Waals surface area (Å²) in [4.78, 5) is 38.1. The highest BCUT2D eigenvalue weighted by atomic mass is 16.5. The van der Waals surface area contributed by atoms with Crippen LogP contribution in [0.25, 0.3) is 0 Å². The van der Waals surface area contributed by atoms with Gasteiger partial charge in [0.25, 0.3) is 0 Å². The topological polar surface area (TPSA) is 82.1 Å². The molecular weight excluding hydrogens is 314 g/mol. The van der Waals surface area contributed by atoms with Crippen LogP contribution in [0.15, 0.2) is 36.5 Å². The van der Waals surface area contributed by atoms with Crippen LogP contribution < -0.4 is 4.74 Å². The highest BCUT2D eigenvalue weighted by Crippen LogP contribution is 2.30. The van der Waals surface area contributed by atoms with Gasteiger partial charge in [0, 0.05) is 12.7 Å². The summed E-state index contributed by atoms with van der Waals surface area (Å²) >= 11 is 0. The number of hydrogen-bond donors (Lipinski definition) is 0. The van der Waals surface area contributed by atoms with Crippen LogP contribution in [-0.4, -0.2) is 49.5 Å². The third kappa shape index (κ3) is 3.10. The Labute approximate surface area is 139 Å². The van der Waals surface area contributed by atoms with E-state index in [0.717, 1.165) is 5.56 Å². The summed E-state index contributed by atoms with van der Waals surface area (Å²) in [5, 5.41) is 0. The number of hydrogen-bond acceptors (Lipinski definition) is 7. The number of ether oxygens (including phenoxy) is 3. The molecule has 0 fully saturated rings. The molecule has 1 aliphatic rings. The Kier molecular flexibility index (Phi) is 5.23. The first-order valence-electron chi connectivity index (χ1n) is 7.25. The molecule has 0 atom stereocenters. The molecule has 0 aromatic heterocycles. The maximum absolute atomic E-state index is 12.4. The van der Waals surface area contributed by atoms with Gasteiger partial charge in [-0.05, 0) is 23.8 Å². The minimum atomic E-state index is -1.82. The van der Waals surface area contributed by atoms with Crippen LogP contribution in [0.4, 0.5) is 0 Å². The molecule has 1 aliphatic heterocycles. The normalized spacial score (nSPS) is 15.8. The molecule has 0 aliphatic carbocycles. The first kappa shape index (κ1) is 17.5. The van der Waals surface area contributed by atoms with E-state index in [9.17, 15) is 14.4 Å². The van der Waals surface area contributed by atoms with Gasteiger partial charge in [-0.3, -0.25) is 4.79 Å². The lowest BCUT2D eigenvalue weighted by Crippen LogP contribution is -2.61. The molecule has 1 aromatic rings. The summed E-state index contributed by atoms with van der Waals surface area (Å²) in [6, 6.07) is 7.16. The van der Waals surface area contributed by atoms with Gasteiger partial charge in [-0.2, -0.15) is 0 Å². The maximum Gasteiger partial charge on any atom is 0.344 e. The van der Waals surface area contributed by atoms with Crippen molar-refractivity contribution in [2.24, 2.45) is 0 Å². The zero-order chi connectivity index (χ0) is 17.7. The van der Waals surface area contributed by atoms with Crippen LogP contribution in [-0.2, 0) is 30.4 Å². The number of ketones is 1. The standard InChI is InChI=1S/C17H19NO6/c1-22-14-6-4-12(5-7-14)11-18-9-8-13(19)10-17(18,15(20)23-2)16(21)24-3/h4-9H,10-11H2,1-3H3. The average Bonchev–Trinajstić information content (AvgIpc) is 2.62. The smallest absolute Gasteiger partial charge is 0.344 e. The van der Waals surface area contributed by atoms with Crippen molar-refractivity contribution < 1.29 is 28.6 Å². The Hall–Kier alpha value is -2.83. The molecule has 1 aromatic carbocycles. The molecule has 0 spiro atoms. The molecule has 24 heavy (non-hydrogen) atoms. The van der Waals surface area contributed by atoms with Gasteiger partial charge >= 0.3 is 11.9 Å². The van der Waals surface area contributed by atoms with E-state index in [1.54, 1.807) is 19.2 Å². The first-order valence-corrected chi connectivity index (χ1v) is 7.25. The second kappa shape index (κ2) is 7.16. The Morgan fingerprint density at radius 3 is 2.17 bits per heavy atom. The van der Waals surface area contributed by atoms with Crippen LogP contribution >= 0.6 is 0 Å². The zero-order valence-electron chi connectivity index (χ0n) is 13.8. The van der Waals surface area contributed by atoms with Crippen LogP contribution in [0, 0.1) is 0 Å². The van der Waals surface area contributed by atoms with Crippen molar-refractivity contribution in [1.29, 1.82) is 0 Å². The Morgan fingerprint density at radius 2 is 1.67 bits per heavy atom.